The highest BCUT2D eigenvalue weighted by Crippen LogP contribution is 2.32. The van der Waals surface area contributed by atoms with Gasteiger partial charge in [-0.25, -0.2) is 0 Å². The van der Waals surface area contributed by atoms with E-state index in [0.29, 0.717) is 24.6 Å². The van der Waals surface area contributed by atoms with Gasteiger partial charge in [0.1, 0.15) is 0 Å². The van der Waals surface area contributed by atoms with Crippen LogP contribution in [0.25, 0.3) is 0 Å². The Morgan fingerprint density at radius 3 is 2.81 bits per heavy atom. The molecule has 2 N–H and O–H groups in total. The molecule has 0 bridgehead atoms. The van der Waals surface area contributed by atoms with Crippen LogP contribution in [0, 0.1) is 10.1 Å². The number of nitrogens with one attached hydrogen (secondary N) is 2. The van der Waals surface area contributed by atoms with E-state index in [1.807, 2.05) is 18.2 Å². The van der Waals surface area contributed by atoms with Crippen LogP contribution >= 0.6 is 0 Å². The lowest BCUT2D eigenvalue weighted by Crippen LogP contribution is -2.37. The van der Waals surface area contributed by atoms with E-state index in [0.717, 1.165) is 23.5 Å². The third-order valence-corrected chi connectivity index (χ3v) is 4.00. The minimum absolute atomic E-state index is 0.0933. The Hall–Kier alpha value is -3.29. The van der Waals surface area contributed by atoms with Crippen LogP contribution in [-0.2, 0) is 13.0 Å². The zero-order chi connectivity index (χ0) is 18.4. The Morgan fingerprint density at radius 1 is 1.19 bits per heavy atom. The van der Waals surface area contributed by atoms with E-state index in [1.54, 1.807) is 25.2 Å². The van der Waals surface area contributed by atoms with Crippen LogP contribution in [0.1, 0.15) is 11.1 Å². The third-order valence-electron chi connectivity index (χ3n) is 4.00. The van der Waals surface area contributed by atoms with E-state index in [2.05, 4.69) is 15.6 Å². The number of fused-ring (bicyclic) bond motifs is 1. The van der Waals surface area contributed by atoms with Gasteiger partial charge in [0.25, 0.3) is 5.69 Å². The summed E-state index contributed by atoms with van der Waals surface area (Å²) >= 11 is 0. The average Bonchev–Trinajstić information content (AvgIpc) is 3.12. The summed E-state index contributed by atoms with van der Waals surface area (Å²) < 4.78 is 10.7. The molecule has 3 rings (SSSR count). The largest absolute Gasteiger partial charge is 0.454 e. The topological polar surface area (TPSA) is 98.0 Å². The second-order valence-electron chi connectivity index (χ2n) is 5.68. The molecule has 26 heavy (non-hydrogen) atoms. The number of para-hydroxylation sites is 1. The van der Waals surface area contributed by atoms with Crippen LogP contribution in [0.15, 0.2) is 47.5 Å². The van der Waals surface area contributed by atoms with Gasteiger partial charge in [0.05, 0.1) is 4.92 Å². The number of aliphatic imine (C=N–C) groups is 1. The molecule has 2 aromatic carbocycles. The Balaban J connectivity index is 1.50. The van der Waals surface area contributed by atoms with Crippen molar-refractivity contribution in [2.45, 2.75) is 13.0 Å². The second kappa shape index (κ2) is 8.19. The van der Waals surface area contributed by atoms with Gasteiger partial charge in [0.2, 0.25) is 6.79 Å². The molecule has 0 aromatic heterocycles. The van der Waals surface area contributed by atoms with Crippen LogP contribution in [0.2, 0.25) is 0 Å². The summed E-state index contributed by atoms with van der Waals surface area (Å²) in [4.78, 5) is 14.8. The first-order valence-electron chi connectivity index (χ1n) is 8.22. The maximum atomic E-state index is 11.1. The lowest BCUT2D eigenvalue weighted by atomic mass is 10.1. The quantitative estimate of drug-likeness (QED) is 0.356. The molecule has 0 amide bonds. The minimum atomic E-state index is -0.382. The van der Waals surface area contributed by atoms with Gasteiger partial charge in [-0.05, 0) is 24.1 Å². The van der Waals surface area contributed by atoms with Gasteiger partial charge in [-0.15, -0.1) is 0 Å². The number of hydrogen-bond donors (Lipinski definition) is 2. The van der Waals surface area contributed by atoms with Crippen LogP contribution in [-0.4, -0.2) is 31.3 Å². The van der Waals surface area contributed by atoms with Gasteiger partial charge in [0, 0.05) is 31.8 Å². The molecule has 1 heterocycles. The number of guanidine groups is 1. The summed E-state index contributed by atoms with van der Waals surface area (Å²) in [6.45, 7) is 1.25. The smallest absolute Gasteiger partial charge is 0.274 e. The van der Waals surface area contributed by atoms with Crippen LogP contribution in [0.5, 0.6) is 11.5 Å². The Kier molecular flexibility index (Phi) is 5.52. The van der Waals surface area contributed by atoms with E-state index < -0.39 is 0 Å². The molecule has 8 heteroatoms. The highest BCUT2D eigenvalue weighted by Gasteiger charge is 2.14. The molecule has 0 atom stereocenters. The molecule has 0 radical (unpaired) electrons. The van der Waals surface area contributed by atoms with Crippen molar-refractivity contribution >= 4 is 11.6 Å². The van der Waals surface area contributed by atoms with Gasteiger partial charge in [-0.1, -0.05) is 24.3 Å². The SMILES string of the molecule is CN=C(NCCc1ccc2c(c1)OCO2)NCc1ccccc1[N+](=O)[O-]. The zero-order valence-corrected chi connectivity index (χ0v) is 14.4. The normalized spacial score (nSPS) is 12.7. The van der Waals surface area contributed by atoms with E-state index in [-0.39, 0.29) is 17.4 Å². The zero-order valence-electron chi connectivity index (χ0n) is 14.4. The second-order valence-corrected chi connectivity index (χ2v) is 5.68. The molecule has 1 aliphatic heterocycles. The van der Waals surface area contributed by atoms with Crippen molar-refractivity contribution in [1.29, 1.82) is 0 Å². The maximum Gasteiger partial charge on any atom is 0.274 e. The Morgan fingerprint density at radius 2 is 2.00 bits per heavy atom. The summed E-state index contributed by atoms with van der Waals surface area (Å²) in [5, 5.41) is 17.4. The fourth-order valence-corrected chi connectivity index (χ4v) is 2.66. The number of rotatable bonds is 6. The fourth-order valence-electron chi connectivity index (χ4n) is 2.66. The molecule has 0 unspecified atom stereocenters. The third kappa shape index (κ3) is 4.21. The van der Waals surface area contributed by atoms with E-state index in [4.69, 9.17) is 9.47 Å². The average molecular weight is 356 g/mol. The number of nitro groups is 1. The molecule has 8 nitrogen and oxygen atoms in total. The van der Waals surface area contributed by atoms with E-state index in [1.165, 1.54) is 6.07 Å². The van der Waals surface area contributed by atoms with Crippen LogP contribution < -0.4 is 20.1 Å². The summed E-state index contributed by atoms with van der Waals surface area (Å²) in [6.07, 6.45) is 0.781. The summed E-state index contributed by atoms with van der Waals surface area (Å²) in [6, 6.07) is 12.5. The monoisotopic (exact) mass is 356 g/mol. The molecular weight excluding hydrogens is 336 g/mol. The van der Waals surface area contributed by atoms with Crippen molar-refractivity contribution in [2.24, 2.45) is 4.99 Å². The first kappa shape index (κ1) is 17.5. The van der Waals surface area contributed by atoms with Crippen molar-refractivity contribution in [1.82, 2.24) is 10.6 Å². The molecule has 1 aliphatic rings. The lowest BCUT2D eigenvalue weighted by Gasteiger charge is -2.12. The molecule has 136 valence electrons. The number of nitro benzene ring substituents is 1. The molecule has 2 aromatic rings. The van der Waals surface area contributed by atoms with Gasteiger partial charge >= 0.3 is 0 Å². The molecule has 0 fully saturated rings. The summed E-state index contributed by atoms with van der Waals surface area (Å²) in [5.41, 5.74) is 1.82. The molecule has 0 saturated carbocycles. The predicted octanol–water partition coefficient (Wildman–Crippen LogP) is 2.23. The number of hydrogen-bond acceptors (Lipinski definition) is 5. The summed E-state index contributed by atoms with van der Waals surface area (Å²) in [5.74, 6) is 2.12. The predicted molar refractivity (Wildman–Crippen MR) is 97.6 cm³/mol. The Labute approximate surface area is 151 Å². The van der Waals surface area contributed by atoms with Crippen molar-refractivity contribution in [3.63, 3.8) is 0 Å². The summed E-state index contributed by atoms with van der Waals surface area (Å²) in [7, 11) is 1.66. The Bertz CT molecular complexity index is 823. The van der Waals surface area contributed by atoms with Gasteiger partial charge in [0.15, 0.2) is 17.5 Å². The van der Waals surface area contributed by atoms with Crippen molar-refractivity contribution < 1.29 is 14.4 Å². The molecular formula is C18H20N4O4. The molecule has 0 saturated heterocycles. The number of ether oxygens (including phenoxy) is 2. The number of benzene rings is 2. The van der Waals surface area contributed by atoms with Crippen molar-refractivity contribution in [3.8, 4) is 11.5 Å². The van der Waals surface area contributed by atoms with Gasteiger partial charge in [-0.2, -0.15) is 0 Å². The van der Waals surface area contributed by atoms with Gasteiger partial charge in [-0.3, -0.25) is 15.1 Å². The van der Waals surface area contributed by atoms with E-state index >= 15 is 0 Å². The highest BCUT2D eigenvalue weighted by atomic mass is 16.7. The highest BCUT2D eigenvalue weighted by molar-refractivity contribution is 5.79. The van der Waals surface area contributed by atoms with Crippen LogP contribution in [0.4, 0.5) is 5.69 Å². The lowest BCUT2D eigenvalue weighted by molar-refractivity contribution is -0.385. The fraction of sp³-hybridized carbons (Fsp3) is 0.278. The first-order chi connectivity index (χ1) is 12.7. The van der Waals surface area contributed by atoms with Crippen LogP contribution in [0.3, 0.4) is 0 Å². The van der Waals surface area contributed by atoms with Gasteiger partial charge < -0.3 is 20.1 Å². The minimum Gasteiger partial charge on any atom is -0.454 e. The van der Waals surface area contributed by atoms with E-state index in [9.17, 15) is 10.1 Å². The van der Waals surface area contributed by atoms with Crippen molar-refractivity contribution in [3.05, 3.63) is 63.7 Å². The number of nitrogens with zero attached hydrogens (tertiary/aromatic N) is 2. The molecule has 0 spiro atoms. The molecule has 0 aliphatic carbocycles. The standard InChI is InChI=1S/C18H20N4O4/c1-19-18(21-11-14-4-2-3-5-15(14)22(23)24)20-9-8-13-6-7-16-17(10-13)26-12-25-16/h2-7,10H,8-9,11-12H2,1H3,(H2,19,20,21). The van der Waals surface area contributed by atoms with Crippen molar-refractivity contribution in [2.75, 3.05) is 20.4 Å². The maximum absolute atomic E-state index is 11.1. The first-order valence-corrected chi connectivity index (χ1v) is 8.22.